The molecular weight excluding hydrogens is 345 g/mol. The number of nitrogens with one attached hydrogen (secondary N) is 1. The van der Waals surface area contributed by atoms with Crippen LogP contribution in [0.3, 0.4) is 0 Å². The summed E-state index contributed by atoms with van der Waals surface area (Å²) in [6.45, 7) is 0. The number of carbonyl (C=O) groups is 2. The second kappa shape index (κ2) is 4.32. The minimum atomic E-state index is -1.49. The van der Waals surface area contributed by atoms with Gasteiger partial charge in [0.2, 0.25) is 5.91 Å². The molecule has 1 heterocycles. The largest absolute Gasteiger partial charge is 0.369 e. The summed E-state index contributed by atoms with van der Waals surface area (Å²) in [7, 11) is -1.49. The molecule has 8 heteroatoms. The first kappa shape index (κ1) is 11.8. The highest BCUT2D eigenvalue weighted by molar-refractivity contribution is 14.1. The van der Waals surface area contributed by atoms with Gasteiger partial charge < -0.3 is 11.1 Å². The van der Waals surface area contributed by atoms with E-state index in [0.717, 1.165) is 8.94 Å². The van der Waals surface area contributed by atoms with Crippen molar-refractivity contribution in [1.29, 1.82) is 0 Å². The lowest BCUT2D eigenvalue weighted by Gasteiger charge is -2.32. The lowest BCUT2D eigenvalue weighted by Crippen LogP contribution is -2.46. The van der Waals surface area contributed by atoms with Gasteiger partial charge in [0, 0.05) is 5.70 Å². The number of halogens is 1. The Morgan fingerprint density at radius 1 is 1.62 bits per heavy atom. The zero-order valence-electron chi connectivity index (χ0n) is 8.23. The van der Waals surface area contributed by atoms with Gasteiger partial charge in [-0.3, -0.25) is 4.79 Å². The molecule has 3 amide bonds. The molecule has 88 valence electrons. The summed E-state index contributed by atoms with van der Waals surface area (Å²) in [5.74, 6) is -0.992. The van der Waals surface area contributed by atoms with Gasteiger partial charge >= 0.3 is 6.03 Å². The van der Waals surface area contributed by atoms with Crippen LogP contribution in [-0.2, 0) is 15.8 Å². The molecule has 0 aromatic carbocycles. The fourth-order valence-electron chi connectivity index (χ4n) is 1.89. The van der Waals surface area contributed by atoms with Gasteiger partial charge in [-0.25, -0.2) is 9.00 Å². The molecule has 0 spiro atoms. The van der Waals surface area contributed by atoms with Crippen LogP contribution < -0.4 is 11.1 Å². The summed E-state index contributed by atoms with van der Waals surface area (Å²) in [6.07, 6.45) is 2.00. The SMILES string of the molecule is NC(=O)C1CCCC2=C1NC(=O)N(I)S2=O. The van der Waals surface area contributed by atoms with E-state index >= 15 is 0 Å². The first-order valence-electron chi connectivity index (χ1n) is 4.73. The molecule has 0 saturated heterocycles. The molecule has 6 nitrogen and oxygen atoms in total. The summed E-state index contributed by atoms with van der Waals surface area (Å²) in [4.78, 5) is 23.3. The summed E-state index contributed by atoms with van der Waals surface area (Å²) in [5, 5.41) is 2.60. The first-order chi connectivity index (χ1) is 7.52. The zero-order chi connectivity index (χ0) is 11.9. The predicted octanol–water partition coefficient (Wildman–Crippen LogP) is 0.522. The predicted molar refractivity (Wildman–Crippen MR) is 66.1 cm³/mol. The number of urea groups is 1. The van der Waals surface area contributed by atoms with Crippen molar-refractivity contribution >= 4 is 45.8 Å². The van der Waals surface area contributed by atoms with Crippen LogP contribution >= 0.6 is 22.9 Å². The van der Waals surface area contributed by atoms with Gasteiger partial charge in [-0.1, -0.05) is 0 Å². The topological polar surface area (TPSA) is 92.5 Å². The minimum Gasteiger partial charge on any atom is -0.369 e. The number of amides is 3. The Hall–Kier alpha value is -0.640. The third-order valence-electron chi connectivity index (χ3n) is 2.65. The fourth-order valence-corrected chi connectivity index (χ4v) is 3.82. The average Bonchev–Trinajstić information content (AvgIpc) is 2.25. The Morgan fingerprint density at radius 3 is 2.94 bits per heavy atom. The number of allylic oxidation sites excluding steroid dienone is 1. The summed E-state index contributed by atoms with van der Waals surface area (Å²) >= 11 is 1.69. The molecule has 2 unspecified atom stereocenters. The van der Waals surface area contributed by atoms with Crippen LogP contribution in [-0.4, -0.2) is 18.7 Å². The van der Waals surface area contributed by atoms with Crippen molar-refractivity contribution in [3.63, 3.8) is 0 Å². The molecular formula is C8H10IN3O3S. The van der Waals surface area contributed by atoms with Crippen LogP contribution in [0, 0.1) is 5.92 Å². The quantitative estimate of drug-likeness (QED) is 0.531. The Labute approximate surface area is 109 Å². The van der Waals surface area contributed by atoms with E-state index in [0.29, 0.717) is 23.4 Å². The Kier molecular flexibility index (Phi) is 3.19. The standard InChI is InChI=1S/C8H10IN3O3S/c9-12-8(14)11-6-4(7(10)13)2-1-3-5(6)16(12)15/h4H,1-3H2,(H2,10,13)(H,11,14). The maximum absolute atomic E-state index is 11.9. The van der Waals surface area contributed by atoms with E-state index in [1.807, 2.05) is 0 Å². The van der Waals surface area contributed by atoms with Gasteiger partial charge in [0.15, 0.2) is 11.0 Å². The van der Waals surface area contributed by atoms with Crippen molar-refractivity contribution in [2.75, 3.05) is 0 Å². The van der Waals surface area contributed by atoms with E-state index in [-0.39, 0.29) is 0 Å². The summed E-state index contributed by atoms with van der Waals surface area (Å²) in [5.41, 5.74) is 5.71. The van der Waals surface area contributed by atoms with Crippen molar-refractivity contribution in [3.8, 4) is 0 Å². The second-order valence-corrected chi connectivity index (χ2v) is 6.58. The molecule has 2 atom stereocenters. The molecule has 3 N–H and O–H groups in total. The van der Waals surface area contributed by atoms with Crippen molar-refractivity contribution in [2.45, 2.75) is 19.3 Å². The Bertz CT molecular complexity index is 423. The number of nitrogens with two attached hydrogens (primary N) is 1. The van der Waals surface area contributed by atoms with Gasteiger partial charge in [0.25, 0.3) is 0 Å². The summed E-state index contributed by atoms with van der Waals surface area (Å²) < 4.78 is 13.0. The van der Waals surface area contributed by atoms with E-state index in [9.17, 15) is 13.8 Å². The Morgan fingerprint density at radius 2 is 2.31 bits per heavy atom. The molecule has 1 aliphatic heterocycles. The van der Waals surface area contributed by atoms with Crippen molar-refractivity contribution in [1.82, 2.24) is 7.84 Å². The number of rotatable bonds is 1. The maximum atomic E-state index is 11.9. The normalized spacial score (nSPS) is 29.8. The fraction of sp³-hybridized carbons (Fsp3) is 0.500. The lowest BCUT2D eigenvalue weighted by atomic mass is 9.91. The Balaban J connectivity index is 2.44. The number of hydrogen-bond acceptors (Lipinski definition) is 3. The lowest BCUT2D eigenvalue weighted by molar-refractivity contribution is -0.121. The molecule has 0 radical (unpaired) electrons. The highest BCUT2D eigenvalue weighted by Gasteiger charge is 2.38. The highest BCUT2D eigenvalue weighted by atomic mass is 127. The number of primary amides is 1. The van der Waals surface area contributed by atoms with E-state index in [1.54, 1.807) is 22.9 Å². The average molecular weight is 355 g/mol. The molecule has 0 aromatic rings. The van der Waals surface area contributed by atoms with Crippen LogP contribution in [0.15, 0.2) is 10.6 Å². The van der Waals surface area contributed by atoms with Crippen LogP contribution in [0.25, 0.3) is 0 Å². The van der Waals surface area contributed by atoms with Crippen LogP contribution in [0.2, 0.25) is 0 Å². The van der Waals surface area contributed by atoms with E-state index in [1.165, 1.54) is 0 Å². The van der Waals surface area contributed by atoms with Gasteiger partial charge in [-0.15, -0.1) is 0 Å². The molecule has 0 fully saturated rings. The van der Waals surface area contributed by atoms with E-state index in [2.05, 4.69) is 5.32 Å². The van der Waals surface area contributed by atoms with Gasteiger partial charge in [0.05, 0.1) is 33.7 Å². The number of carbonyl (C=O) groups excluding carboxylic acids is 2. The van der Waals surface area contributed by atoms with Crippen molar-refractivity contribution in [3.05, 3.63) is 10.6 Å². The molecule has 2 aliphatic rings. The van der Waals surface area contributed by atoms with Crippen LogP contribution in [0.5, 0.6) is 0 Å². The highest BCUT2D eigenvalue weighted by Crippen LogP contribution is 2.35. The molecule has 16 heavy (non-hydrogen) atoms. The van der Waals surface area contributed by atoms with Gasteiger partial charge in [-0.2, -0.15) is 2.52 Å². The zero-order valence-corrected chi connectivity index (χ0v) is 11.2. The van der Waals surface area contributed by atoms with Gasteiger partial charge in [-0.05, 0) is 19.3 Å². The summed E-state index contributed by atoms with van der Waals surface area (Å²) in [6, 6.07) is -0.467. The van der Waals surface area contributed by atoms with E-state index in [4.69, 9.17) is 5.73 Å². The molecule has 1 aliphatic carbocycles. The molecule has 0 bridgehead atoms. The van der Waals surface area contributed by atoms with Crippen LogP contribution in [0.1, 0.15) is 19.3 Å². The third kappa shape index (κ3) is 1.83. The van der Waals surface area contributed by atoms with Crippen molar-refractivity contribution < 1.29 is 13.8 Å². The number of hydrogen-bond donors (Lipinski definition) is 2. The van der Waals surface area contributed by atoms with E-state index < -0.39 is 28.8 Å². The molecule has 2 rings (SSSR count). The number of nitrogens with zero attached hydrogens (tertiary/aromatic N) is 1. The van der Waals surface area contributed by atoms with Crippen LogP contribution in [0.4, 0.5) is 4.79 Å². The molecule has 0 saturated carbocycles. The second-order valence-electron chi connectivity index (χ2n) is 3.61. The monoisotopic (exact) mass is 355 g/mol. The van der Waals surface area contributed by atoms with Gasteiger partial charge in [0.1, 0.15) is 0 Å². The molecule has 0 aromatic heterocycles. The first-order valence-corrected chi connectivity index (χ1v) is 6.80. The minimum absolute atomic E-state index is 0.454. The smallest absolute Gasteiger partial charge is 0.343 e. The maximum Gasteiger partial charge on any atom is 0.343 e. The third-order valence-corrected chi connectivity index (χ3v) is 5.46. The van der Waals surface area contributed by atoms with Crippen molar-refractivity contribution in [2.24, 2.45) is 11.7 Å².